The molecule has 0 fully saturated rings. The molecule has 0 aliphatic carbocycles. The molecule has 0 bridgehead atoms. The summed E-state index contributed by atoms with van der Waals surface area (Å²) in [4.78, 5) is 27.1. The second-order valence-corrected chi connectivity index (χ2v) is 5.60. The Hall–Kier alpha value is -3.55. The van der Waals surface area contributed by atoms with Gasteiger partial charge in [0.15, 0.2) is 5.78 Å². The number of nitrogens with two attached hydrogens (primary N) is 1. The van der Waals surface area contributed by atoms with Crippen molar-refractivity contribution < 1.29 is 22.7 Å². The molecule has 0 unspecified atom stereocenters. The van der Waals surface area contributed by atoms with Crippen LogP contribution in [0.25, 0.3) is 11.1 Å². The van der Waals surface area contributed by atoms with E-state index in [1.165, 1.54) is 18.2 Å². The van der Waals surface area contributed by atoms with Crippen LogP contribution in [0.3, 0.4) is 0 Å². The van der Waals surface area contributed by atoms with Gasteiger partial charge in [0.1, 0.15) is 11.6 Å². The summed E-state index contributed by atoms with van der Waals surface area (Å²) in [5, 5.41) is 0. The summed E-state index contributed by atoms with van der Waals surface area (Å²) in [7, 11) is 0. The van der Waals surface area contributed by atoms with Gasteiger partial charge in [-0.2, -0.15) is 0 Å². The molecule has 0 saturated heterocycles. The highest BCUT2D eigenvalue weighted by molar-refractivity contribution is 6.15. The van der Waals surface area contributed by atoms with Crippen molar-refractivity contribution in [2.45, 2.75) is 6.36 Å². The Balaban J connectivity index is 2.08. The highest BCUT2D eigenvalue weighted by atomic mass is 19.4. The van der Waals surface area contributed by atoms with E-state index in [0.29, 0.717) is 11.1 Å². The van der Waals surface area contributed by atoms with Crippen molar-refractivity contribution in [1.82, 2.24) is 4.98 Å². The Morgan fingerprint density at radius 3 is 2.22 bits per heavy atom. The average molecular weight is 374 g/mol. The van der Waals surface area contributed by atoms with Crippen molar-refractivity contribution in [3.05, 3.63) is 82.1 Å². The molecule has 0 radical (unpaired) electrons. The molecule has 3 N–H and O–H groups in total. The predicted molar refractivity (Wildman–Crippen MR) is 93.5 cm³/mol. The Bertz CT molecular complexity index is 1030. The van der Waals surface area contributed by atoms with E-state index < -0.39 is 23.5 Å². The van der Waals surface area contributed by atoms with Crippen LogP contribution in [-0.4, -0.2) is 17.1 Å². The van der Waals surface area contributed by atoms with Gasteiger partial charge in [-0.3, -0.25) is 9.59 Å². The van der Waals surface area contributed by atoms with Gasteiger partial charge in [0.25, 0.3) is 0 Å². The lowest BCUT2D eigenvalue weighted by molar-refractivity contribution is -0.274. The van der Waals surface area contributed by atoms with Gasteiger partial charge < -0.3 is 15.5 Å². The Morgan fingerprint density at radius 2 is 1.63 bits per heavy atom. The molecular formula is C19H13F3N2O3. The molecule has 0 aliphatic rings. The minimum atomic E-state index is -4.82. The van der Waals surface area contributed by atoms with Crippen LogP contribution in [-0.2, 0) is 0 Å². The van der Waals surface area contributed by atoms with E-state index in [1.54, 1.807) is 30.3 Å². The molecule has 2 aromatic carbocycles. The molecule has 138 valence electrons. The normalized spacial score (nSPS) is 11.2. The molecule has 5 nitrogen and oxygen atoms in total. The van der Waals surface area contributed by atoms with Crippen molar-refractivity contribution in [2.75, 3.05) is 5.73 Å². The van der Waals surface area contributed by atoms with Crippen molar-refractivity contribution in [3.63, 3.8) is 0 Å². The van der Waals surface area contributed by atoms with Crippen LogP contribution in [0.2, 0.25) is 0 Å². The topological polar surface area (TPSA) is 85.2 Å². The smallest absolute Gasteiger partial charge is 0.406 e. The largest absolute Gasteiger partial charge is 0.573 e. The number of halogens is 3. The third kappa shape index (κ3) is 4.17. The van der Waals surface area contributed by atoms with E-state index in [9.17, 15) is 22.8 Å². The third-order valence-electron chi connectivity index (χ3n) is 3.73. The number of nitrogen functional groups attached to an aromatic ring is 1. The molecule has 0 aliphatic heterocycles. The number of hydrogen-bond donors (Lipinski definition) is 2. The van der Waals surface area contributed by atoms with Crippen LogP contribution in [0.15, 0.2) is 65.5 Å². The number of aromatic amines is 1. The number of alkyl halides is 3. The van der Waals surface area contributed by atoms with Gasteiger partial charge >= 0.3 is 6.36 Å². The van der Waals surface area contributed by atoms with Crippen LogP contribution in [0.5, 0.6) is 5.75 Å². The first-order valence-electron chi connectivity index (χ1n) is 7.73. The van der Waals surface area contributed by atoms with E-state index in [4.69, 9.17) is 5.73 Å². The summed E-state index contributed by atoms with van der Waals surface area (Å²) >= 11 is 0. The lowest BCUT2D eigenvalue weighted by Gasteiger charge is -2.13. The number of carbonyl (C=O) groups is 1. The number of rotatable bonds is 4. The van der Waals surface area contributed by atoms with Gasteiger partial charge in [-0.1, -0.05) is 42.5 Å². The van der Waals surface area contributed by atoms with Gasteiger partial charge in [-0.05, 0) is 17.7 Å². The molecule has 0 saturated carbocycles. The lowest BCUT2D eigenvalue weighted by Crippen LogP contribution is -2.17. The summed E-state index contributed by atoms with van der Waals surface area (Å²) < 4.78 is 40.7. The fourth-order valence-electron chi connectivity index (χ4n) is 2.62. The molecule has 0 atom stereocenters. The summed E-state index contributed by atoms with van der Waals surface area (Å²) in [5.41, 5.74) is 6.30. The molecule has 0 spiro atoms. The zero-order valence-electron chi connectivity index (χ0n) is 13.7. The first-order chi connectivity index (χ1) is 12.7. The molecular weight excluding hydrogens is 361 g/mol. The van der Waals surface area contributed by atoms with Crippen molar-refractivity contribution >= 4 is 11.6 Å². The number of ether oxygens (including phenoxy) is 1. The van der Waals surface area contributed by atoms with Gasteiger partial charge in [-0.25, -0.2) is 0 Å². The van der Waals surface area contributed by atoms with E-state index in [2.05, 4.69) is 9.72 Å². The zero-order chi connectivity index (χ0) is 19.6. The van der Waals surface area contributed by atoms with E-state index in [0.717, 1.165) is 12.1 Å². The first-order valence-corrected chi connectivity index (χ1v) is 7.73. The van der Waals surface area contributed by atoms with E-state index >= 15 is 0 Å². The number of pyridine rings is 1. The summed E-state index contributed by atoms with van der Waals surface area (Å²) in [6, 6.07) is 14.3. The monoisotopic (exact) mass is 374 g/mol. The fraction of sp³-hybridized carbons (Fsp3) is 0.0526. The zero-order valence-corrected chi connectivity index (χ0v) is 13.7. The lowest BCUT2D eigenvalue weighted by atomic mass is 9.94. The maximum atomic E-state index is 12.9. The molecule has 1 heterocycles. The van der Waals surface area contributed by atoms with E-state index in [1.807, 2.05) is 0 Å². The Kier molecular flexibility index (Phi) is 4.72. The Morgan fingerprint density at radius 1 is 1.00 bits per heavy atom. The number of H-pyrrole nitrogens is 1. The van der Waals surface area contributed by atoms with Crippen LogP contribution in [0, 0.1) is 0 Å². The number of anilines is 1. The number of benzene rings is 2. The van der Waals surface area contributed by atoms with Crippen LogP contribution in [0.4, 0.5) is 19.0 Å². The number of aromatic nitrogens is 1. The predicted octanol–water partition coefficient (Wildman–Crippen LogP) is 3.75. The van der Waals surface area contributed by atoms with Gasteiger partial charge in [-0.15, -0.1) is 13.2 Å². The SMILES string of the molecule is Nc1[nH]c(=O)cc(-c2ccc(OC(F)(F)F)cc2)c1C(=O)c1ccccc1. The number of carbonyl (C=O) groups excluding carboxylic acids is 1. The van der Waals surface area contributed by atoms with Crippen LogP contribution in [0.1, 0.15) is 15.9 Å². The number of hydrogen-bond acceptors (Lipinski definition) is 4. The fourth-order valence-corrected chi connectivity index (χ4v) is 2.62. The van der Waals surface area contributed by atoms with Gasteiger partial charge in [0.2, 0.25) is 5.56 Å². The van der Waals surface area contributed by atoms with Crippen molar-refractivity contribution in [2.24, 2.45) is 0 Å². The molecule has 3 aromatic rings. The summed E-state index contributed by atoms with van der Waals surface area (Å²) in [6.45, 7) is 0. The molecule has 3 rings (SSSR count). The highest BCUT2D eigenvalue weighted by Gasteiger charge is 2.31. The first kappa shape index (κ1) is 18.2. The van der Waals surface area contributed by atoms with Crippen molar-refractivity contribution in [3.8, 4) is 16.9 Å². The van der Waals surface area contributed by atoms with Crippen LogP contribution < -0.4 is 16.0 Å². The van der Waals surface area contributed by atoms with Crippen molar-refractivity contribution in [1.29, 1.82) is 0 Å². The van der Waals surface area contributed by atoms with Gasteiger partial charge in [0.05, 0.1) is 5.56 Å². The second-order valence-electron chi connectivity index (χ2n) is 5.60. The minimum absolute atomic E-state index is 0.0605. The molecule has 0 amide bonds. The maximum absolute atomic E-state index is 12.9. The number of ketones is 1. The third-order valence-corrected chi connectivity index (χ3v) is 3.73. The van der Waals surface area contributed by atoms with E-state index in [-0.39, 0.29) is 16.9 Å². The molecule has 27 heavy (non-hydrogen) atoms. The minimum Gasteiger partial charge on any atom is -0.406 e. The standard InChI is InChI=1S/C19H13F3N2O3/c20-19(21,22)27-13-8-6-11(7-9-13)14-10-15(25)24-18(23)16(14)17(26)12-4-2-1-3-5-12/h1-10H,(H3,23,24,25). The summed E-state index contributed by atoms with van der Waals surface area (Å²) in [5.74, 6) is -0.961. The number of nitrogens with one attached hydrogen (secondary N) is 1. The maximum Gasteiger partial charge on any atom is 0.573 e. The molecule has 1 aromatic heterocycles. The van der Waals surface area contributed by atoms with Gasteiger partial charge in [0, 0.05) is 17.2 Å². The summed E-state index contributed by atoms with van der Waals surface area (Å²) in [6.07, 6.45) is -4.82. The molecule has 8 heteroatoms. The second kappa shape index (κ2) is 6.99. The Labute approximate surface area is 151 Å². The van der Waals surface area contributed by atoms with Crippen LogP contribution >= 0.6 is 0 Å². The average Bonchev–Trinajstić information content (AvgIpc) is 2.60. The quantitative estimate of drug-likeness (QED) is 0.681. The highest BCUT2D eigenvalue weighted by Crippen LogP contribution is 2.30.